The summed E-state index contributed by atoms with van der Waals surface area (Å²) in [5.41, 5.74) is 1.51. The summed E-state index contributed by atoms with van der Waals surface area (Å²) in [5.74, 6) is -1.21. The largest absolute Gasteiger partial charge is 0.548 e. The van der Waals surface area contributed by atoms with Crippen LogP contribution in [0.3, 0.4) is 0 Å². The maximum absolute atomic E-state index is 12.8. The van der Waals surface area contributed by atoms with Crippen molar-refractivity contribution in [2.24, 2.45) is 0 Å². The van der Waals surface area contributed by atoms with Crippen LogP contribution in [0.15, 0.2) is 34.9 Å². The Labute approximate surface area is 127 Å². The van der Waals surface area contributed by atoms with E-state index in [1.807, 2.05) is 30.3 Å². The van der Waals surface area contributed by atoms with Crippen LogP contribution in [-0.4, -0.2) is 34.5 Å². The van der Waals surface area contributed by atoms with Gasteiger partial charge in [0.1, 0.15) is 17.0 Å². The summed E-state index contributed by atoms with van der Waals surface area (Å²) in [7, 11) is 0. The van der Waals surface area contributed by atoms with E-state index in [1.165, 1.54) is 4.90 Å². The normalized spacial score (nSPS) is 17.7. The molecule has 0 saturated carbocycles. The van der Waals surface area contributed by atoms with E-state index in [2.05, 4.69) is 5.16 Å². The summed E-state index contributed by atoms with van der Waals surface area (Å²) in [6.07, 6.45) is 1.06. The van der Waals surface area contributed by atoms with E-state index in [1.54, 1.807) is 6.92 Å². The predicted molar refractivity (Wildman–Crippen MR) is 75.7 cm³/mol. The number of carbonyl (C=O) groups is 2. The molecular weight excluding hydrogens is 284 g/mol. The van der Waals surface area contributed by atoms with E-state index in [-0.39, 0.29) is 5.91 Å². The van der Waals surface area contributed by atoms with Crippen LogP contribution < -0.4 is 5.11 Å². The Morgan fingerprint density at radius 3 is 2.73 bits per heavy atom. The first-order valence-electron chi connectivity index (χ1n) is 7.13. The van der Waals surface area contributed by atoms with Gasteiger partial charge in [0.25, 0.3) is 5.91 Å². The Morgan fingerprint density at radius 1 is 1.32 bits per heavy atom. The third kappa shape index (κ3) is 2.36. The molecule has 1 saturated heterocycles. The second-order valence-electron chi connectivity index (χ2n) is 5.30. The van der Waals surface area contributed by atoms with Crippen LogP contribution in [0.25, 0.3) is 11.3 Å². The Bertz CT molecular complexity index is 708. The van der Waals surface area contributed by atoms with E-state index < -0.39 is 12.0 Å². The summed E-state index contributed by atoms with van der Waals surface area (Å²) in [4.78, 5) is 25.3. The number of aryl methyl sites for hydroxylation is 1. The van der Waals surface area contributed by atoms with Crippen molar-refractivity contribution in [1.29, 1.82) is 0 Å². The highest BCUT2D eigenvalue weighted by Crippen LogP contribution is 2.29. The summed E-state index contributed by atoms with van der Waals surface area (Å²) in [6, 6.07) is 8.32. The third-order valence-electron chi connectivity index (χ3n) is 3.91. The first-order chi connectivity index (χ1) is 10.6. The molecule has 114 valence electrons. The molecule has 0 bridgehead atoms. The molecule has 1 aliphatic heterocycles. The lowest BCUT2D eigenvalue weighted by Gasteiger charge is -2.25. The minimum atomic E-state index is -1.22. The SMILES string of the molecule is Cc1onc(-c2ccccc2)c1C(=O)N1CCC[C@H]1C(=O)[O-]. The zero-order chi connectivity index (χ0) is 15.7. The Hall–Kier alpha value is -2.63. The van der Waals surface area contributed by atoms with Crippen LogP contribution in [0.2, 0.25) is 0 Å². The van der Waals surface area contributed by atoms with Crippen LogP contribution >= 0.6 is 0 Å². The van der Waals surface area contributed by atoms with E-state index in [4.69, 9.17) is 4.52 Å². The van der Waals surface area contributed by atoms with Crippen molar-refractivity contribution in [3.05, 3.63) is 41.7 Å². The number of aliphatic carboxylic acids is 1. The molecule has 1 aliphatic rings. The number of carboxylic acid groups (broad SMARTS) is 1. The molecule has 3 rings (SSSR count). The minimum Gasteiger partial charge on any atom is -0.548 e. The van der Waals surface area contributed by atoms with Gasteiger partial charge in [0.05, 0.1) is 12.0 Å². The first kappa shape index (κ1) is 14.3. The summed E-state index contributed by atoms with van der Waals surface area (Å²) >= 11 is 0. The van der Waals surface area contributed by atoms with Crippen molar-refractivity contribution in [1.82, 2.24) is 10.1 Å². The molecule has 0 radical (unpaired) electrons. The lowest BCUT2D eigenvalue weighted by Crippen LogP contribution is -2.47. The van der Waals surface area contributed by atoms with Crippen molar-refractivity contribution in [3.63, 3.8) is 0 Å². The van der Waals surface area contributed by atoms with Crippen LogP contribution in [0.4, 0.5) is 0 Å². The molecule has 6 heteroatoms. The van der Waals surface area contributed by atoms with Gasteiger partial charge < -0.3 is 19.3 Å². The molecule has 0 aliphatic carbocycles. The Morgan fingerprint density at radius 2 is 2.05 bits per heavy atom. The molecule has 0 N–H and O–H groups in total. The quantitative estimate of drug-likeness (QED) is 0.844. The lowest BCUT2D eigenvalue weighted by atomic mass is 10.0. The van der Waals surface area contributed by atoms with Crippen molar-refractivity contribution >= 4 is 11.9 Å². The van der Waals surface area contributed by atoms with Gasteiger partial charge in [-0.1, -0.05) is 35.5 Å². The number of aromatic nitrogens is 1. The molecule has 6 nitrogen and oxygen atoms in total. The number of hydrogen-bond acceptors (Lipinski definition) is 5. The van der Waals surface area contributed by atoms with Gasteiger partial charge in [-0.15, -0.1) is 0 Å². The van der Waals surface area contributed by atoms with Gasteiger partial charge in [-0.2, -0.15) is 0 Å². The number of likely N-dealkylation sites (tertiary alicyclic amines) is 1. The lowest BCUT2D eigenvalue weighted by molar-refractivity contribution is -0.310. The predicted octanol–water partition coefficient (Wildman–Crippen LogP) is 1.00. The number of carbonyl (C=O) groups excluding carboxylic acids is 2. The molecule has 0 unspecified atom stereocenters. The topological polar surface area (TPSA) is 86.5 Å². The van der Waals surface area contributed by atoms with E-state index >= 15 is 0 Å². The first-order valence-corrected chi connectivity index (χ1v) is 7.13. The molecule has 2 heterocycles. The summed E-state index contributed by atoms with van der Waals surface area (Å²) < 4.78 is 5.17. The fraction of sp³-hybridized carbons (Fsp3) is 0.312. The van der Waals surface area contributed by atoms with E-state index in [0.717, 1.165) is 5.56 Å². The van der Waals surface area contributed by atoms with Gasteiger partial charge in [-0.25, -0.2) is 0 Å². The maximum Gasteiger partial charge on any atom is 0.260 e. The Balaban J connectivity index is 2.00. The molecular formula is C16H15N2O4-. The van der Waals surface area contributed by atoms with Gasteiger partial charge in [-0.3, -0.25) is 4.79 Å². The molecule has 22 heavy (non-hydrogen) atoms. The number of rotatable bonds is 3. The standard InChI is InChI=1S/C16H16N2O4/c1-10-13(14(17-22-10)11-6-3-2-4-7-11)15(19)18-9-5-8-12(18)16(20)21/h2-4,6-7,12H,5,8-9H2,1H3,(H,20,21)/p-1/t12-/m0/s1. The van der Waals surface area contributed by atoms with E-state index in [9.17, 15) is 14.7 Å². The molecule has 1 atom stereocenters. The van der Waals surface area contributed by atoms with Gasteiger partial charge in [0.2, 0.25) is 0 Å². The van der Waals surface area contributed by atoms with Gasteiger partial charge in [0, 0.05) is 12.1 Å². The smallest absolute Gasteiger partial charge is 0.260 e. The number of carboxylic acids is 1. The molecule has 1 amide bonds. The molecule has 0 spiro atoms. The number of amides is 1. The zero-order valence-corrected chi connectivity index (χ0v) is 12.1. The fourth-order valence-corrected chi connectivity index (χ4v) is 2.82. The second kappa shape index (κ2) is 5.63. The van der Waals surface area contributed by atoms with Crippen LogP contribution in [0.1, 0.15) is 29.0 Å². The molecule has 1 fully saturated rings. The van der Waals surface area contributed by atoms with Crippen molar-refractivity contribution in [2.45, 2.75) is 25.8 Å². The van der Waals surface area contributed by atoms with Crippen LogP contribution in [0.5, 0.6) is 0 Å². The van der Waals surface area contributed by atoms with Crippen LogP contribution in [0, 0.1) is 6.92 Å². The van der Waals surface area contributed by atoms with Gasteiger partial charge in [-0.05, 0) is 19.8 Å². The zero-order valence-electron chi connectivity index (χ0n) is 12.1. The number of hydrogen-bond donors (Lipinski definition) is 0. The van der Waals surface area contributed by atoms with Crippen LogP contribution in [-0.2, 0) is 4.79 Å². The monoisotopic (exact) mass is 299 g/mol. The number of nitrogens with zero attached hydrogens (tertiary/aromatic N) is 2. The average Bonchev–Trinajstić information content (AvgIpc) is 3.14. The highest BCUT2D eigenvalue weighted by atomic mass is 16.5. The Kier molecular flexibility index (Phi) is 3.66. The van der Waals surface area contributed by atoms with Gasteiger partial charge in [0.15, 0.2) is 0 Å². The minimum absolute atomic E-state index is 0.319. The van der Waals surface area contributed by atoms with Gasteiger partial charge >= 0.3 is 0 Å². The maximum atomic E-state index is 12.8. The van der Waals surface area contributed by atoms with Crippen molar-refractivity contribution in [2.75, 3.05) is 6.54 Å². The van der Waals surface area contributed by atoms with E-state index in [0.29, 0.717) is 36.4 Å². The third-order valence-corrected chi connectivity index (χ3v) is 3.91. The fourth-order valence-electron chi connectivity index (χ4n) is 2.82. The molecule has 1 aromatic heterocycles. The average molecular weight is 299 g/mol. The van der Waals surface area contributed by atoms with Crippen molar-refractivity contribution in [3.8, 4) is 11.3 Å². The number of benzene rings is 1. The molecule has 1 aromatic carbocycles. The summed E-state index contributed by atoms with van der Waals surface area (Å²) in [5, 5.41) is 15.1. The van der Waals surface area contributed by atoms with Crippen molar-refractivity contribution < 1.29 is 19.2 Å². The second-order valence-corrected chi connectivity index (χ2v) is 5.30. The molecule has 2 aromatic rings. The summed E-state index contributed by atoms with van der Waals surface area (Å²) in [6.45, 7) is 2.05. The highest BCUT2D eigenvalue weighted by Gasteiger charge is 2.34. The highest BCUT2D eigenvalue weighted by molar-refractivity contribution is 6.02.